The van der Waals surface area contributed by atoms with Crippen molar-refractivity contribution < 1.29 is 9.53 Å². The van der Waals surface area contributed by atoms with Crippen molar-refractivity contribution in [2.45, 2.75) is 19.8 Å². The minimum absolute atomic E-state index is 0.349. The number of hydrogen-bond donors (Lipinski definition) is 2. The van der Waals surface area contributed by atoms with Crippen LogP contribution in [0.1, 0.15) is 24.6 Å². The number of nitrogens with one attached hydrogen (secondary N) is 2. The predicted octanol–water partition coefficient (Wildman–Crippen LogP) is 1.62. The van der Waals surface area contributed by atoms with Crippen LogP contribution in [0.5, 0.6) is 0 Å². The molecule has 0 saturated heterocycles. The zero-order valence-electron chi connectivity index (χ0n) is 9.69. The Morgan fingerprint density at radius 2 is 2.47 bits per heavy atom. The third-order valence-electron chi connectivity index (χ3n) is 2.48. The van der Waals surface area contributed by atoms with Crippen LogP contribution in [0, 0.1) is 0 Å². The Bertz CT molecular complexity index is 443. The molecule has 0 unspecified atom stereocenters. The Morgan fingerprint density at radius 1 is 1.59 bits per heavy atom. The number of carbonyl (C=O) groups excluding carboxylic acids is 1. The van der Waals surface area contributed by atoms with E-state index in [0.717, 1.165) is 24.2 Å². The number of ether oxygens (including phenoxy) is 1. The van der Waals surface area contributed by atoms with Gasteiger partial charge in [0.25, 0.3) is 0 Å². The van der Waals surface area contributed by atoms with Crippen LogP contribution in [0.3, 0.4) is 0 Å². The maximum Gasteiger partial charge on any atom is 0.425 e. The standard InChI is InChI=1S/C12H15N3O2/c1-2-17-12(16)15-14-10-7-3-5-9-6-4-8-13-11(9)10/h4,6-8,14H,2-3,5H2,1H3,(H,15,16). The molecule has 5 heteroatoms. The van der Waals surface area contributed by atoms with Crippen molar-refractivity contribution in [3.05, 3.63) is 35.7 Å². The van der Waals surface area contributed by atoms with Crippen LogP contribution < -0.4 is 10.9 Å². The van der Waals surface area contributed by atoms with E-state index in [4.69, 9.17) is 4.74 Å². The highest BCUT2D eigenvalue weighted by molar-refractivity contribution is 5.71. The van der Waals surface area contributed by atoms with Crippen molar-refractivity contribution in [1.82, 2.24) is 15.8 Å². The molecule has 0 aromatic carbocycles. The van der Waals surface area contributed by atoms with Crippen molar-refractivity contribution >= 4 is 11.8 Å². The van der Waals surface area contributed by atoms with Gasteiger partial charge in [-0.2, -0.15) is 0 Å². The van der Waals surface area contributed by atoms with Gasteiger partial charge in [0.15, 0.2) is 0 Å². The van der Waals surface area contributed by atoms with Gasteiger partial charge in [-0.25, -0.2) is 10.2 Å². The van der Waals surface area contributed by atoms with Gasteiger partial charge in [-0.1, -0.05) is 12.1 Å². The number of allylic oxidation sites excluding steroid dienone is 1. The molecule has 0 fully saturated rings. The lowest BCUT2D eigenvalue weighted by atomic mass is 10.00. The fraction of sp³-hybridized carbons (Fsp3) is 0.333. The summed E-state index contributed by atoms with van der Waals surface area (Å²) in [6, 6.07) is 3.96. The lowest BCUT2D eigenvalue weighted by Gasteiger charge is -2.18. The first kappa shape index (κ1) is 11.4. The van der Waals surface area contributed by atoms with Crippen LogP contribution in [0.4, 0.5) is 4.79 Å². The van der Waals surface area contributed by atoms with Gasteiger partial charge in [0.1, 0.15) is 0 Å². The van der Waals surface area contributed by atoms with E-state index in [-0.39, 0.29) is 0 Å². The lowest BCUT2D eigenvalue weighted by molar-refractivity contribution is 0.149. The summed E-state index contributed by atoms with van der Waals surface area (Å²) in [7, 11) is 0. The van der Waals surface area contributed by atoms with Crippen molar-refractivity contribution in [2.24, 2.45) is 0 Å². The highest BCUT2D eigenvalue weighted by atomic mass is 16.5. The first-order chi connectivity index (χ1) is 8.31. The summed E-state index contributed by atoms with van der Waals surface area (Å²) < 4.78 is 4.76. The van der Waals surface area contributed by atoms with Crippen LogP contribution in [0.15, 0.2) is 24.4 Å². The molecule has 90 valence electrons. The molecule has 1 amide bonds. The van der Waals surface area contributed by atoms with E-state index in [1.54, 1.807) is 13.1 Å². The van der Waals surface area contributed by atoms with Crippen LogP contribution in [0.25, 0.3) is 5.70 Å². The average molecular weight is 233 g/mol. The third kappa shape index (κ3) is 2.75. The van der Waals surface area contributed by atoms with E-state index in [1.807, 2.05) is 18.2 Å². The molecule has 0 aliphatic heterocycles. The van der Waals surface area contributed by atoms with Crippen molar-refractivity contribution in [2.75, 3.05) is 6.61 Å². The molecule has 0 bridgehead atoms. The number of hydrazine groups is 1. The number of aromatic nitrogens is 1. The SMILES string of the molecule is CCOC(=O)NNC1=CCCc2cccnc21. The summed E-state index contributed by atoms with van der Waals surface area (Å²) in [4.78, 5) is 15.5. The van der Waals surface area contributed by atoms with Gasteiger partial charge in [-0.05, 0) is 31.4 Å². The van der Waals surface area contributed by atoms with Crippen LogP contribution >= 0.6 is 0 Å². The van der Waals surface area contributed by atoms with Gasteiger partial charge < -0.3 is 4.74 Å². The highest BCUT2D eigenvalue weighted by Gasteiger charge is 2.13. The fourth-order valence-corrected chi connectivity index (χ4v) is 1.75. The predicted molar refractivity (Wildman–Crippen MR) is 63.8 cm³/mol. The second-order valence-electron chi connectivity index (χ2n) is 3.64. The molecule has 1 aliphatic rings. The molecule has 1 aromatic rings. The Hall–Kier alpha value is -2.04. The molecule has 2 rings (SSSR count). The number of carbonyl (C=O) groups is 1. The normalized spacial score (nSPS) is 13.4. The number of pyridine rings is 1. The van der Waals surface area contributed by atoms with Crippen LogP contribution in [-0.4, -0.2) is 17.7 Å². The van der Waals surface area contributed by atoms with E-state index < -0.39 is 6.09 Å². The van der Waals surface area contributed by atoms with Crippen molar-refractivity contribution in [1.29, 1.82) is 0 Å². The molecule has 2 N–H and O–H groups in total. The largest absolute Gasteiger partial charge is 0.449 e. The van der Waals surface area contributed by atoms with E-state index in [9.17, 15) is 4.79 Å². The summed E-state index contributed by atoms with van der Waals surface area (Å²) in [5.74, 6) is 0. The summed E-state index contributed by atoms with van der Waals surface area (Å²) >= 11 is 0. The van der Waals surface area contributed by atoms with Gasteiger partial charge in [0, 0.05) is 6.20 Å². The topological polar surface area (TPSA) is 63.2 Å². The van der Waals surface area contributed by atoms with E-state index >= 15 is 0 Å². The molecular formula is C12H15N3O2. The van der Waals surface area contributed by atoms with Crippen LogP contribution in [-0.2, 0) is 11.2 Å². The first-order valence-corrected chi connectivity index (χ1v) is 5.64. The molecule has 5 nitrogen and oxygen atoms in total. The average Bonchev–Trinajstić information content (AvgIpc) is 2.36. The number of rotatable bonds is 3. The number of aryl methyl sites for hydroxylation is 1. The number of hydrogen-bond acceptors (Lipinski definition) is 4. The van der Waals surface area contributed by atoms with Gasteiger partial charge in [-0.3, -0.25) is 10.4 Å². The number of amides is 1. The molecule has 1 aliphatic carbocycles. The summed E-state index contributed by atoms with van der Waals surface area (Å²) in [5.41, 5.74) is 8.20. The molecule has 1 heterocycles. The quantitative estimate of drug-likeness (QED) is 0.779. The van der Waals surface area contributed by atoms with Crippen LogP contribution in [0.2, 0.25) is 0 Å². The molecule has 0 radical (unpaired) electrons. The highest BCUT2D eigenvalue weighted by Crippen LogP contribution is 2.21. The first-order valence-electron chi connectivity index (χ1n) is 5.64. The lowest BCUT2D eigenvalue weighted by Crippen LogP contribution is -2.37. The molecule has 0 atom stereocenters. The maximum atomic E-state index is 11.2. The molecule has 1 aromatic heterocycles. The monoisotopic (exact) mass is 233 g/mol. The molecule has 0 spiro atoms. The number of nitrogens with zero attached hydrogens (tertiary/aromatic N) is 1. The molecular weight excluding hydrogens is 218 g/mol. The Balaban J connectivity index is 2.02. The second kappa shape index (κ2) is 5.34. The van der Waals surface area contributed by atoms with Gasteiger partial charge in [-0.15, -0.1) is 0 Å². The summed E-state index contributed by atoms with van der Waals surface area (Å²) in [6.07, 6.45) is 5.18. The summed E-state index contributed by atoms with van der Waals surface area (Å²) in [5, 5.41) is 0. The number of fused-ring (bicyclic) bond motifs is 1. The minimum atomic E-state index is -0.489. The van der Waals surface area contributed by atoms with Gasteiger partial charge in [0.2, 0.25) is 0 Å². The second-order valence-corrected chi connectivity index (χ2v) is 3.64. The minimum Gasteiger partial charge on any atom is -0.449 e. The smallest absolute Gasteiger partial charge is 0.425 e. The Morgan fingerprint density at radius 3 is 3.29 bits per heavy atom. The third-order valence-corrected chi connectivity index (χ3v) is 2.48. The molecule has 0 saturated carbocycles. The van der Waals surface area contributed by atoms with Crippen molar-refractivity contribution in [3.63, 3.8) is 0 Å². The van der Waals surface area contributed by atoms with E-state index in [1.165, 1.54) is 5.56 Å². The van der Waals surface area contributed by atoms with E-state index in [2.05, 4.69) is 15.8 Å². The Kier molecular flexibility index (Phi) is 3.59. The maximum absolute atomic E-state index is 11.2. The summed E-state index contributed by atoms with van der Waals surface area (Å²) in [6.45, 7) is 2.11. The van der Waals surface area contributed by atoms with E-state index in [0.29, 0.717) is 6.61 Å². The van der Waals surface area contributed by atoms with Gasteiger partial charge >= 0.3 is 6.09 Å². The van der Waals surface area contributed by atoms with Crippen molar-refractivity contribution in [3.8, 4) is 0 Å². The zero-order valence-corrected chi connectivity index (χ0v) is 9.69. The zero-order chi connectivity index (χ0) is 12.1. The molecule has 17 heavy (non-hydrogen) atoms. The fourth-order valence-electron chi connectivity index (χ4n) is 1.75. The Labute approximate surface area is 99.9 Å². The van der Waals surface area contributed by atoms with Gasteiger partial charge in [0.05, 0.1) is 18.0 Å².